The average Bonchev–Trinajstić information content (AvgIpc) is 2.36. The van der Waals surface area contributed by atoms with E-state index in [2.05, 4.69) is 0 Å². The van der Waals surface area contributed by atoms with Gasteiger partial charge in [-0.15, -0.1) is 0 Å². The van der Waals surface area contributed by atoms with Crippen LogP contribution in [0.15, 0.2) is 0 Å². The van der Waals surface area contributed by atoms with E-state index in [0.717, 1.165) is 19.3 Å². The van der Waals surface area contributed by atoms with E-state index in [-0.39, 0.29) is 6.10 Å². The minimum Gasteiger partial charge on any atom is -0.464 e. The van der Waals surface area contributed by atoms with Crippen LogP contribution in [0.1, 0.15) is 19.3 Å². The molecule has 0 amide bonds. The van der Waals surface area contributed by atoms with Crippen molar-refractivity contribution in [3.8, 4) is 0 Å². The maximum Gasteiger partial charge on any atom is 0.293 e. The summed E-state index contributed by atoms with van der Waals surface area (Å²) < 4.78 is 4.85. The van der Waals surface area contributed by atoms with Crippen LogP contribution in [-0.2, 0) is 9.53 Å². The van der Waals surface area contributed by atoms with Crippen molar-refractivity contribution < 1.29 is 9.53 Å². The number of nitrogens with two attached hydrogens (primary N) is 1. The molecular formula is C7H13NO2. The van der Waals surface area contributed by atoms with Gasteiger partial charge in [-0.2, -0.15) is 0 Å². The monoisotopic (exact) mass is 143 g/mol. The summed E-state index contributed by atoms with van der Waals surface area (Å²) in [4.78, 5) is 9.96. The lowest BCUT2D eigenvalue weighted by Crippen LogP contribution is -2.24. The zero-order valence-corrected chi connectivity index (χ0v) is 5.95. The fraction of sp³-hybridized carbons (Fsp3) is 0.857. The van der Waals surface area contributed by atoms with Crippen molar-refractivity contribution in [3.63, 3.8) is 0 Å². The first-order chi connectivity index (χ1) is 4.88. The smallest absolute Gasteiger partial charge is 0.293 e. The molecular weight excluding hydrogens is 130 g/mol. The highest BCUT2D eigenvalue weighted by atomic mass is 16.5. The van der Waals surface area contributed by atoms with Crippen molar-refractivity contribution in [2.24, 2.45) is 11.7 Å². The first-order valence-electron chi connectivity index (χ1n) is 3.67. The zero-order valence-electron chi connectivity index (χ0n) is 5.95. The molecule has 2 N–H and O–H groups in total. The molecule has 2 unspecified atom stereocenters. The van der Waals surface area contributed by atoms with Gasteiger partial charge in [0.25, 0.3) is 6.47 Å². The molecule has 1 aliphatic carbocycles. The third kappa shape index (κ3) is 1.48. The lowest BCUT2D eigenvalue weighted by Gasteiger charge is -2.14. The molecule has 0 spiro atoms. The average molecular weight is 143 g/mol. The molecule has 2 atom stereocenters. The molecule has 0 saturated heterocycles. The van der Waals surface area contributed by atoms with E-state index in [9.17, 15) is 4.79 Å². The van der Waals surface area contributed by atoms with Gasteiger partial charge in [0.15, 0.2) is 0 Å². The standard InChI is InChI=1S/C7H13NO2/c8-4-6-2-1-3-7(6)10-5-9/h5-7H,1-4,8H2. The highest BCUT2D eigenvalue weighted by Crippen LogP contribution is 2.26. The lowest BCUT2D eigenvalue weighted by atomic mass is 10.1. The Kier molecular flexibility index (Phi) is 2.68. The molecule has 0 bridgehead atoms. The van der Waals surface area contributed by atoms with Crippen LogP contribution < -0.4 is 5.73 Å². The third-order valence-corrected chi connectivity index (χ3v) is 2.12. The summed E-state index contributed by atoms with van der Waals surface area (Å²) in [5.74, 6) is 0.408. The largest absolute Gasteiger partial charge is 0.464 e. The fourth-order valence-corrected chi connectivity index (χ4v) is 1.52. The highest BCUT2D eigenvalue weighted by Gasteiger charge is 2.26. The van der Waals surface area contributed by atoms with Crippen LogP contribution in [0.2, 0.25) is 0 Å². The Labute approximate surface area is 60.5 Å². The summed E-state index contributed by atoms with van der Waals surface area (Å²) in [5.41, 5.74) is 5.46. The Morgan fingerprint density at radius 1 is 1.60 bits per heavy atom. The van der Waals surface area contributed by atoms with Crippen molar-refractivity contribution in [2.75, 3.05) is 6.54 Å². The van der Waals surface area contributed by atoms with E-state index in [1.807, 2.05) is 0 Å². The molecule has 0 aromatic rings. The molecule has 0 aliphatic heterocycles. The number of carbonyl (C=O) groups excluding carboxylic acids is 1. The first-order valence-corrected chi connectivity index (χ1v) is 3.67. The Balaban J connectivity index is 2.34. The molecule has 3 nitrogen and oxygen atoms in total. The number of hydrogen-bond acceptors (Lipinski definition) is 3. The second-order valence-electron chi connectivity index (χ2n) is 2.70. The van der Waals surface area contributed by atoms with E-state index >= 15 is 0 Å². The second-order valence-corrected chi connectivity index (χ2v) is 2.70. The van der Waals surface area contributed by atoms with Gasteiger partial charge < -0.3 is 10.5 Å². The van der Waals surface area contributed by atoms with Gasteiger partial charge in [0.2, 0.25) is 0 Å². The number of ether oxygens (including phenoxy) is 1. The van der Waals surface area contributed by atoms with Gasteiger partial charge in [0, 0.05) is 5.92 Å². The molecule has 3 heteroatoms. The molecule has 10 heavy (non-hydrogen) atoms. The molecule has 1 saturated carbocycles. The summed E-state index contributed by atoms with van der Waals surface area (Å²) in [6.07, 6.45) is 3.33. The predicted molar refractivity (Wildman–Crippen MR) is 37.3 cm³/mol. The van der Waals surface area contributed by atoms with Gasteiger partial charge in [-0.25, -0.2) is 0 Å². The summed E-state index contributed by atoms with van der Waals surface area (Å²) in [5, 5.41) is 0. The van der Waals surface area contributed by atoms with Crippen LogP contribution in [0, 0.1) is 5.92 Å². The van der Waals surface area contributed by atoms with Gasteiger partial charge in [0.05, 0.1) is 0 Å². The Morgan fingerprint density at radius 3 is 3.00 bits per heavy atom. The molecule has 0 aromatic carbocycles. The fourth-order valence-electron chi connectivity index (χ4n) is 1.52. The van der Waals surface area contributed by atoms with Crippen molar-refractivity contribution in [3.05, 3.63) is 0 Å². The molecule has 1 aliphatic rings. The number of hydrogen-bond donors (Lipinski definition) is 1. The van der Waals surface area contributed by atoms with Crippen LogP contribution in [0.3, 0.4) is 0 Å². The van der Waals surface area contributed by atoms with E-state index in [4.69, 9.17) is 10.5 Å². The van der Waals surface area contributed by atoms with Gasteiger partial charge in [-0.05, 0) is 25.8 Å². The van der Waals surface area contributed by atoms with Crippen LogP contribution in [0.5, 0.6) is 0 Å². The molecule has 58 valence electrons. The van der Waals surface area contributed by atoms with Gasteiger partial charge >= 0.3 is 0 Å². The maximum atomic E-state index is 9.96. The normalized spacial score (nSPS) is 32.1. The van der Waals surface area contributed by atoms with Gasteiger partial charge in [-0.1, -0.05) is 0 Å². The molecule has 0 radical (unpaired) electrons. The van der Waals surface area contributed by atoms with Crippen molar-refractivity contribution in [2.45, 2.75) is 25.4 Å². The second kappa shape index (κ2) is 3.56. The van der Waals surface area contributed by atoms with E-state index in [1.54, 1.807) is 0 Å². The van der Waals surface area contributed by atoms with Crippen molar-refractivity contribution in [1.82, 2.24) is 0 Å². The minimum atomic E-state index is 0.0995. The van der Waals surface area contributed by atoms with E-state index in [1.165, 1.54) is 0 Å². The van der Waals surface area contributed by atoms with Crippen LogP contribution >= 0.6 is 0 Å². The molecule has 0 aromatic heterocycles. The Hall–Kier alpha value is -0.570. The van der Waals surface area contributed by atoms with Gasteiger partial charge in [-0.3, -0.25) is 4.79 Å². The molecule has 0 heterocycles. The third-order valence-electron chi connectivity index (χ3n) is 2.12. The van der Waals surface area contributed by atoms with Crippen LogP contribution in [0.25, 0.3) is 0 Å². The quantitative estimate of drug-likeness (QED) is 0.577. The SMILES string of the molecule is NCC1CCCC1OC=O. The molecule has 1 rings (SSSR count). The van der Waals surface area contributed by atoms with Gasteiger partial charge in [0.1, 0.15) is 6.10 Å². The lowest BCUT2D eigenvalue weighted by molar-refractivity contribution is -0.134. The highest BCUT2D eigenvalue weighted by molar-refractivity contribution is 5.37. The van der Waals surface area contributed by atoms with Crippen LogP contribution in [0.4, 0.5) is 0 Å². The zero-order chi connectivity index (χ0) is 7.40. The minimum absolute atomic E-state index is 0.0995. The first kappa shape index (κ1) is 7.54. The van der Waals surface area contributed by atoms with E-state index in [0.29, 0.717) is 18.9 Å². The summed E-state index contributed by atoms with van der Waals surface area (Å²) >= 11 is 0. The predicted octanol–water partition coefficient (Wildman–Crippen LogP) is 0.287. The maximum absolute atomic E-state index is 9.96. The van der Waals surface area contributed by atoms with Crippen molar-refractivity contribution >= 4 is 6.47 Å². The van der Waals surface area contributed by atoms with Crippen molar-refractivity contribution in [1.29, 1.82) is 0 Å². The van der Waals surface area contributed by atoms with E-state index < -0.39 is 0 Å². The Bertz CT molecular complexity index is 116. The van der Waals surface area contributed by atoms with Crippen LogP contribution in [-0.4, -0.2) is 19.1 Å². The Morgan fingerprint density at radius 2 is 2.40 bits per heavy atom. The summed E-state index contributed by atoms with van der Waals surface area (Å²) in [6, 6.07) is 0. The summed E-state index contributed by atoms with van der Waals surface area (Å²) in [6.45, 7) is 1.16. The molecule has 1 fully saturated rings. The summed E-state index contributed by atoms with van der Waals surface area (Å²) in [7, 11) is 0. The number of rotatable bonds is 3. The number of carbonyl (C=O) groups is 1. The topological polar surface area (TPSA) is 52.3 Å².